The molecule has 8 nitrogen and oxygen atoms in total. The third-order valence-electron chi connectivity index (χ3n) is 4.82. The van der Waals surface area contributed by atoms with Crippen molar-refractivity contribution in [3.63, 3.8) is 0 Å². The number of carbonyl (C=O) groups is 4. The van der Waals surface area contributed by atoms with Crippen LogP contribution in [-0.2, 0) is 33.4 Å². The fourth-order valence-electron chi connectivity index (χ4n) is 3.13. The summed E-state index contributed by atoms with van der Waals surface area (Å²) >= 11 is 0. The van der Waals surface area contributed by atoms with Crippen LogP contribution in [0.3, 0.4) is 0 Å². The molecule has 0 amide bonds. The van der Waals surface area contributed by atoms with Gasteiger partial charge in [-0.25, -0.2) is 9.59 Å². The van der Waals surface area contributed by atoms with E-state index in [1.807, 2.05) is 0 Å². The zero-order valence-corrected chi connectivity index (χ0v) is 17.1. The minimum atomic E-state index is -1.44. The van der Waals surface area contributed by atoms with Crippen LogP contribution in [0, 0.1) is 5.92 Å². The second-order valence-corrected chi connectivity index (χ2v) is 7.71. The third kappa shape index (κ3) is 5.63. The Bertz CT molecular complexity index is 815. The molecule has 0 unspecified atom stereocenters. The van der Waals surface area contributed by atoms with Crippen molar-refractivity contribution in [2.75, 3.05) is 6.61 Å². The number of Topliss-reactive ketones (excluding diaryl/α,β-unsaturated/α-hetero) is 1. The Hall–Kier alpha value is -2.74. The van der Waals surface area contributed by atoms with Crippen LogP contribution < -0.4 is 0 Å². The smallest absolute Gasteiger partial charge is 0.343 e. The van der Waals surface area contributed by atoms with Crippen LogP contribution >= 0.6 is 0 Å². The van der Waals surface area contributed by atoms with E-state index >= 15 is 0 Å². The quantitative estimate of drug-likeness (QED) is 0.428. The highest BCUT2D eigenvalue weighted by Crippen LogP contribution is 2.37. The standard InChI is InChI=1S/C21H26O8/c1-11(2)19(24)28-16-8-12(3)15(23)6-7-21(5,26)9-17-18(16)14(20(25)29-17)10-27-13(4)22/h9,12,16,26H,1,6-8,10H2,2-5H3/b17-9-/t12-,16+,21+/m0/s1. The molecule has 0 aromatic heterocycles. The molecular weight excluding hydrogens is 380 g/mol. The number of esters is 3. The first-order valence-electron chi connectivity index (χ1n) is 9.34. The lowest BCUT2D eigenvalue weighted by molar-refractivity contribution is -0.144. The second-order valence-electron chi connectivity index (χ2n) is 7.71. The molecular formula is C21H26O8. The van der Waals surface area contributed by atoms with E-state index in [0.29, 0.717) is 0 Å². The molecule has 2 rings (SSSR count). The Morgan fingerprint density at radius 3 is 2.59 bits per heavy atom. The number of ether oxygens (including phenoxy) is 3. The number of hydrogen-bond donors (Lipinski definition) is 1. The number of aliphatic hydroxyl groups is 1. The molecule has 8 heteroatoms. The molecule has 0 fully saturated rings. The molecule has 1 heterocycles. The number of carbonyl (C=O) groups excluding carboxylic acids is 4. The Labute approximate surface area is 169 Å². The van der Waals surface area contributed by atoms with Crippen molar-refractivity contribution in [2.45, 2.75) is 58.7 Å². The summed E-state index contributed by atoms with van der Waals surface area (Å²) in [6, 6.07) is 0. The molecule has 1 aliphatic heterocycles. The lowest BCUT2D eigenvalue weighted by Crippen LogP contribution is -2.31. The molecule has 0 aromatic rings. The number of fused-ring (bicyclic) bond motifs is 1. The van der Waals surface area contributed by atoms with E-state index < -0.39 is 35.5 Å². The average molecular weight is 406 g/mol. The van der Waals surface area contributed by atoms with E-state index in [-0.39, 0.29) is 54.1 Å². The van der Waals surface area contributed by atoms with Crippen LogP contribution in [0.4, 0.5) is 0 Å². The highest BCUT2D eigenvalue weighted by Gasteiger charge is 2.40. The van der Waals surface area contributed by atoms with Crippen LogP contribution in [0.2, 0.25) is 0 Å². The fraction of sp³-hybridized carbons (Fsp3) is 0.524. The minimum absolute atomic E-state index is 0.00184. The van der Waals surface area contributed by atoms with Crippen LogP contribution in [0.25, 0.3) is 0 Å². The predicted molar refractivity (Wildman–Crippen MR) is 101 cm³/mol. The molecule has 0 radical (unpaired) electrons. The van der Waals surface area contributed by atoms with E-state index in [1.54, 1.807) is 6.92 Å². The van der Waals surface area contributed by atoms with Gasteiger partial charge in [-0.3, -0.25) is 9.59 Å². The molecule has 0 aromatic carbocycles. The highest BCUT2D eigenvalue weighted by molar-refractivity contribution is 5.96. The number of rotatable bonds is 4. The maximum Gasteiger partial charge on any atom is 0.343 e. The predicted octanol–water partition coefficient (Wildman–Crippen LogP) is 1.91. The Morgan fingerprint density at radius 1 is 1.34 bits per heavy atom. The molecule has 3 atom stereocenters. The highest BCUT2D eigenvalue weighted by atomic mass is 16.6. The Balaban J connectivity index is 2.62. The topological polar surface area (TPSA) is 116 Å². The SMILES string of the molecule is C=C(C)C(=O)O[C@@H]1C[C@H](C)C(=O)CC[C@@](C)(O)/C=C2\OC(=O)C(COC(C)=O)=C21. The maximum absolute atomic E-state index is 12.5. The molecule has 1 N–H and O–H groups in total. The van der Waals surface area contributed by atoms with Gasteiger partial charge in [0.1, 0.15) is 24.3 Å². The van der Waals surface area contributed by atoms with E-state index in [9.17, 15) is 24.3 Å². The minimum Gasteiger partial charge on any atom is -0.461 e. The van der Waals surface area contributed by atoms with Gasteiger partial charge in [0, 0.05) is 30.4 Å². The van der Waals surface area contributed by atoms with Crippen molar-refractivity contribution in [3.8, 4) is 0 Å². The first-order valence-corrected chi connectivity index (χ1v) is 9.34. The van der Waals surface area contributed by atoms with Crippen molar-refractivity contribution >= 4 is 23.7 Å². The first-order chi connectivity index (χ1) is 13.4. The zero-order chi connectivity index (χ0) is 21.9. The summed E-state index contributed by atoms with van der Waals surface area (Å²) in [4.78, 5) is 48.4. The number of hydrogen-bond acceptors (Lipinski definition) is 8. The lowest BCUT2D eigenvalue weighted by Gasteiger charge is -2.27. The van der Waals surface area contributed by atoms with E-state index in [2.05, 4.69) is 6.58 Å². The van der Waals surface area contributed by atoms with Crippen LogP contribution in [0.1, 0.15) is 47.0 Å². The summed E-state index contributed by atoms with van der Waals surface area (Å²) in [5, 5.41) is 10.6. The van der Waals surface area contributed by atoms with Crippen LogP contribution in [-0.4, -0.2) is 47.1 Å². The number of ketones is 1. The van der Waals surface area contributed by atoms with Gasteiger partial charge in [-0.1, -0.05) is 13.5 Å². The summed E-state index contributed by atoms with van der Waals surface area (Å²) in [5.41, 5.74) is -1.10. The summed E-state index contributed by atoms with van der Waals surface area (Å²) in [7, 11) is 0. The summed E-state index contributed by atoms with van der Waals surface area (Å²) in [5.74, 6) is -2.65. The van der Waals surface area contributed by atoms with E-state index in [1.165, 1.54) is 26.8 Å². The lowest BCUT2D eigenvalue weighted by atomic mass is 9.85. The summed E-state index contributed by atoms with van der Waals surface area (Å²) < 4.78 is 15.8. The Morgan fingerprint density at radius 2 is 2.00 bits per heavy atom. The molecule has 0 spiro atoms. The van der Waals surface area contributed by atoms with Crippen molar-refractivity contribution in [1.82, 2.24) is 0 Å². The van der Waals surface area contributed by atoms with Gasteiger partial charge in [0.15, 0.2) is 0 Å². The van der Waals surface area contributed by atoms with Gasteiger partial charge < -0.3 is 19.3 Å². The van der Waals surface area contributed by atoms with Crippen molar-refractivity contribution < 1.29 is 38.5 Å². The van der Waals surface area contributed by atoms with Gasteiger partial charge in [-0.15, -0.1) is 0 Å². The van der Waals surface area contributed by atoms with Gasteiger partial charge in [-0.05, 0) is 32.8 Å². The van der Waals surface area contributed by atoms with E-state index in [0.717, 1.165) is 0 Å². The van der Waals surface area contributed by atoms with Gasteiger partial charge >= 0.3 is 17.9 Å². The summed E-state index contributed by atoms with van der Waals surface area (Å²) in [6.07, 6.45) is 0.667. The zero-order valence-electron chi connectivity index (χ0n) is 17.1. The maximum atomic E-state index is 12.5. The van der Waals surface area contributed by atoms with Crippen LogP contribution in [0.5, 0.6) is 0 Å². The fourth-order valence-corrected chi connectivity index (χ4v) is 3.13. The molecule has 0 saturated heterocycles. The second kappa shape index (κ2) is 8.73. The van der Waals surface area contributed by atoms with Gasteiger partial charge in [-0.2, -0.15) is 0 Å². The largest absolute Gasteiger partial charge is 0.461 e. The molecule has 2 aliphatic rings. The van der Waals surface area contributed by atoms with Crippen molar-refractivity contribution in [2.24, 2.45) is 5.92 Å². The third-order valence-corrected chi connectivity index (χ3v) is 4.82. The molecule has 0 bridgehead atoms. The van der Waals surface area contributed by atoms with Gasteiger partial charge in [0.05, 0.1) is 11.2 Å². The first kappa shape index (κ1) is 22.5. The molecule has 158 valence electrons. The molecule has 29 heavy (non-hydrogen) atoms. The normalized spacial score (nSPS) is 29.3. The monoisotopic (exact) mass is 406 g/mol. The van der Waals surface area contributed by atoms with Gasteiger partial charge in [0.25, 0.3) is 0 Å². The average Bonchev–Trinajstić information content (AvgIpc) is 2.90. The molecule has 1 aliphatic carbocycles. The summed E-state index contributed by atoms with van der Waals surface area (Å²) in [6.45, 7) is 9.02. The Kier molecular flexibility index (Phi) is 6.79. The van der Waals surface area contributed by atoms with Gasteiger partial charge in [0.2, 0.25) is 0 Å². The van der Waals surface area contributed by atoms with Crippen LogP contribution in [0.15, 0.2) is 35.1 Å². The van der Waals surface area contributed by atoms with Crippen molar-refractivity contribution in [1.29, 1.82) is 0 Å². The molecule has 0 saturated carbocycles. The van der Waals surface area contributed by atoms with E-state index in [4.69, 9.17) is 14.2 Å². The van der Waals surface area contributed by atoms with Crippen molar-refractivity contribution in [3.05, 3.63) is 35.1 Å².